The number of fused-ring (bicyclic) bond motifs is 2. The van der Waals surface area contributed by atoms with Gasteiger partial charge < -0.3 is 24.4 Å². The van der Waals surface area contributed by atoms with E-state index in [1.54, 1.807) is 0 Å². The van der Waals surface area contributed by atoms with Crippen molar-refractivity contribution >= 4 is 29.7 Å². The number of aryl methyl sites for hydroxylation is 1. The van der Waals surface area contributed by atoms with Crippen LogP contribution in [-0.4, -0.2) is 63.4 Å². The molecule has 31 heavy (non-hydrogen) atoms. The van der Waals surface area contributed by atoms with Crippen LogP contribution in [0.3, 0.4) is 0 Å². The average molecular weight is 446 g/mol. The molecule has 0 radical (unpaired) electrons. The third kappa shape index (κ3) is 4.67. The molecule has 0 bridgehead atoms. The molecule has 0 saturated carbocycles. The fraction of sp³-hybridized carbons (Fsp3) is 0.435. The summed E-state index contributed by atoms with van der Waals surface area (Å²) in [5, 5.41) is 2.89. The predicted octanol–water partition coefficient (Wildman–Crippen LogP) is 2.88. The van der Waals surface area contributed by atoms with Crippen LogP contribution in [0.1, 0.15) is 11.1 Å². The molecule has 3 aliphatic heterocycles. The van der Waals surface area contributed by atoms with Crippen molar-refractivity contribution in [3.05, 3.63) is 41.5 Å². The summed E-state index contributed by atoms with van der Waals surface area (Å²) in [6.45, 7) is 8.36. The number of amides is 1. The van der Waals surface area contributed by atoms with Crippen LogP contribution in [0.2, 0.25) is 0 Å². The van der Waals surface area contributed by atoms with Crippen molar-refractivity contribution in [1.82, 2.24) is 4.90 Å². The van der Waals surface area contributed by atoms with Crippen LogP contribution < -0.4 is 24.4 Å². The van der Waals surface area contributed by atoms with Crippen molar-refractivity contribution in [2.75, 3.05) is 62.8 Å². The minimum absolute atomic E-state index is 0. The number of rotatable bonds is 4. The van der Waals surface area contributed by atoms with Gasteiger partial charge in [0.05, 0.1) is 11.4 Å². The normalized spacial score (nSPS) is 17.8. The predicted molar refractivity (Wildman–Crippen MR) is 122 cm³/mol. The number of carbonyl (C=O) groups is 1. The van der Waals surface area contributed by atoms with E-state index < -0.39 is 0 Å². The van der Waals surface area contributed by atoms with Crippen molar-refractivity contribution in [1.29, 1.82) is 0 Å². The van der Waals surface area contributed by atoms with Crippen LogP contribution in [0.4, 0.5) is 11.4 Å². The van der Waals surface area contributed by atoms with E-state index in [2.05, 4.69) is 40.2 Å². The molecule has 7 nitrogen and oxygen atoms in total. The van der Waals surface area contributed by atoms with Crippen molar-refractivity contribution in [3.8, 4) is 17.2 Å². The Balaban J connectivity index is 0.00000231. The van der Waals surface area contributed by atoms with Crippen molar-refractivity contribution in [3.63, 3.8) is 0 Å². The number of piperazine rings is 1. The summed E-state index contributed by atoms with van der Waals surface area (Å²) in [7, 11) is 0. The SMILES string of the molecule is Cc1cc2c(c(N3CCN(CCc4ccc5c(c4)NC(=O)CO5)CC3)c1)OCCO2.Cl. The molecule has 3 heterocycles. The maximum absolute atomic E-state index is 11.5. The maximum Gasteiger partial charge on any atom is 0.262 e. The standard InChI is InChI=1S/C23H27N3O4.ClH/c1-16-12-19(23-21(13-16)28-10-11-29-23)26-8-6-25(7-9-26)5-4-17-2-3-20-18(14-17)24-22(27)15-30-20;/h2-3,12-14H,4-11,15H2,1H3,(H,24,27);1H. The van der Waals surface area contributed by atoms with Gasteiger partial charge in [-0.3, -0.25) is 9.69 Å². The van der Waals surface area contributed by atoms with E-state index in [-0.39, 0.29) is 24.9 Å². The number of anilines is 2. The largest absolute Gasteiger partial charge is 0.486 e. The lowest BCUT2D eigenvalue weighted by atomic mass is 10.1. The number of ether oxygens (including phenoxy) is 3. The second-order valence-corrected chi connectivity index (χ2v) is 8.05. The molecule has 1 amide bonds. The first kappa shape index (κ1) is 21.6. The molecule has 0 atom stereocenters. The fourth-order valence-corrected chi connectivity index (χ4v) is 4.29. The highest BCUT2D eigenvalue weighted by atomic mass is 35.5. The van der Waals surface area contributed by atoms with Gasteiger partial charge in [0.15, 0.2) is 18.1 Å². The van der Waals surface area contributed by atoms with Crippen molar-refractivity contribution in [2.24, 2.45) is 0 Å². The Morgan fingerprint density at radius 2 is 1.77 bits per heavy atom. The van der Waals surface area contributed by atoms with E-state index in [9.17, 15) is 4.79 Å². The molecule has 2 aromatic rings. The number of halogens is 1. The summed E-state index contributed by atoms with van der Waals surface area (Å²) in [6.07, 6.45) is 0.944. The number of nitrogens with zero attached hydrogens (tertiary/aromatic N) is 2. The van der Waals surface area contributed by atoms with Gasteiger partial charge >= 0.3 is 0 Å². The lowest BCUT2D eigenvalue weighted by Gasteiger charge is -2.37. The van der Waals surface area contributed by atoms with Crippen LogP contribution in [-0.2, 0) is 11.2 Å². The van der Waals surface area contributed by atoms with Gasteiger partial charge in [-0.2, -0.15) is 0 Å². The molecular formula is C23H28ClN3O4. The molecule has 5 rings (SSSR count). The van der Waals surface area contributed by atoms with Crippen LogP contribution in [0.15, 0.2) is 30.3 Å². The van der Waals surface area contributed by atoms with E-state index in [4.69, 9.17) is 14.2 Å². The Morgan fingerprint density at radius 1 is 0.968 bits per heavy atom. The third-order valence-electron chi connectivity index (χ3n) is 5.87. The molecule has 8 heteroatoms. The van der Waals surface area contributed by atoms with Gasteiger partial charge in [0, 0.05) is 32.7 Å². The quantitative estimate of drug-likeness (QED) is 0.780. The van der Waals surface area contributed by atoms with E-state index >= 15 is 0 Å². The number of benzene rings is 2. The molecule has 1 N–H and O–H groups in total. The first-order chi connectivity index (χ1) is 14.7. The summed E-state index contributed by atoms with van der Waals surface area (Å²) in [5.41, 5.74) is 4.33. The summed E-state index contributed by atoms with van der Waals surface area (Å²) in [6, 6.07) is 10.3. The zero-order chi connectivity index (χ0) is 20.5. The van der Waals surface area contributed by atoms with E-state index in [1.165, 1.54) is 11.1 Å². The first-order valence-electron chi connectivity index (χ1n) is 10.6. The highest BCUT2D eigenvalue weighted by Crippen LogP contribution is 2.41. The van der Waals surface area contributed by atoms with Crippen LogP contribution in [0.25, 0.3) is 0 Å². The minimum Gasteiger partial charge on any atom is -0.486 e. The molecule has 0 aromatic heterocycles. The third-order valence-corrected chi connectivity index (χ3v) is 5.87. The summed E-state index contributed by atoms with van der Waals surface area (Å²) >= 11 is 0. The van der Waals surface area contributed by atoms with Gasteiger partial charge in [-0.25, -0.2) is 0 Å². The van der Waals surface area contributed by atoms with Crippen LogP contribution in [0, 0.1) is 6.92 Å². The molecule has 0 aliphatic carbocycles. The number of carbonyl (C=O) groups excluding carboxylic acids is 1. The Morgan fingerprint density at radius 3 is 2.61 bits per heavy atom. The number of hydrogen-bond donors (Lipinski definition) is 1. The first-order valence-corrected chi connectivity index (χ1v) is 10.6. The lowest BCUT2D eigenvalue weighted by Crippen LogP contribution is -2.47. The second kappa shape index (κ2) is 9.24. The molecule has 1 saturated heterocycles. The average Bonchev–Trinajstić information content (AvgIpc) is 2.77. The molecule has 1 fully saturated rings. The molecule has 0 spiro atoms. The zero-order valence-corrected chi connectivity index (χ0v) is 18.5. The van der Waals surface area contributed by atoms with Gasteiger partial charge in [-0.15, -0.1) is 12.4 Å². The highest BCUT2D eigenvalue weighted by Gasteiger charge is 2.24. The number of hydrogen-bond acceptors (Lipinski definition) is 6. The molecule has 0 unspecified atom stereocenters. The summed E-state index contributed by atoms with van der Waals surface area (Å²) in [4.78, 5) is 16.4. The maximum atomic E-state index is 11.5. The number of nitrogens with one attached hydrogen (secondary N) is 1. The summed E-state index contributed by atoms with van der Waals surface area (Å²) in [5.74, 6) is 2.41. The molecular weight excluding hydrogens is 418 g/mol. The molecule has 2 aromatic carbocycles. The van der Waals surface area contributed by atoms with Gasteiger partial charge in [0.1, 0.15) is 19.0 Å². The van der Waals surface area contributed by atoms with Gasteiger partial charge in [-0.1, -0.05) is 6.07 Å². The zero-order valence-electron chi connectivity index (χ0n) is 17.7. The Labute approximate surface area is 188 Å². The highest BCUT2D eigenvalue weighted by molar-refractivity contribution is 5.95. The fourth-order valence-electron chi connectivity index (χ4n) is 4.29. The molecule has 3 aliphatic rings. The Kier molecular flexibility index (Phi) is 6.43. The Hall–Kier alpha value is -2.64. The van der Waals surface area contributed by atoms with Gasteiger partial charge in [0.25, 0.3) is 5.91 Å². The van der Waals surface area contributed by atoms with E-state index in [0.29, 0.717) is 13.2 Å². The molecule has 166 valence electrons. The topological polar surface area (TPSA) is 63.3 Å². The minimum atomic E-state index is -0.0940. The Bertz CT molecular complexity index is 960. The smallest absolute Gasteiger partial charge is 0.262 e. The van der Waals surface area contributed by atoms with Crippen molar-refractivity contribution in [2.45, 2.75) is 13.3 Å². The second-order valence-electron chi connectivity index (χ2n) is 8.05. The van der Waals surface area contributed by atoms with E-state index in [1.807, 2.05) is 12.1 Å². The lowest BCUT2D eigenvalue weighted by molar-refractivity contribution is -0.118. The van der Waals surface area contributed by atoms with Gasteiger partial charge in [-0.05, 0) is 48.7 Å². The van der Waals surface area contributed by atoms with Crippen LogP contribution in [0.5, 0.6) is 17.2 Å². The van der Waals surface area contributed by atoms with Crippen LogP contribution >= 0.6 is 12.4 Å². The van der Waals surface area contributed by atoms with E-state index in [0.717, 1.165) is 67.8 Å². The monoisotopic (exact) mass is 445 g/mol. The van der Waals surface area contributed by atoms with Crippen molar-refractivity contribution < 1.29 is 19.0 Å². The van der Waals surface area contributed by atoms with Gasteiger partial charge in [0.2, 0.25) is 0 Å². The summed E-state index contributed by atoms with van der Waals surface area (Å²) < 4.78 is 17.2.